The molecule has 0 unspecified atom stereocenters. The van der Waals surface area contributed by atoms with Crippen molar-refractivity contribution in [3.63, 3.8) is 0 Å². The lowest BCUT2D eigenvalue weighted by atomic mass is 9.96. The highest BCUT2D eigenvalue weighted by atomic mass is 16.4. The largest absolute Gasteiger partial charge is 0.480 e. The average Bonchev–Trinajstić information content (AvgIpc) is 2.65. The third kappa shape index (κ3) is 3.27. The molecule has 94 valence electrons. The van der Waals surface area contributed by atoms with Crippen molar-refractivity contribution in [2.24, 2.45) is 0 Å². The fourth-order valence-electron chi connectivity index (χ4n) is 1.02. The summed E-state index contributed by atoms with van der Waals surface area (Å²) in [5.74, 6) is -1.19. The van der Waals surface area contributed by atoms with E-state index in [1.54, 1.807) is 0 Å². The molecule has 1 rings (SSSR count). The highest BCUT2D eigenvalue weighted by molar-refractivity contribution is 5.93. The van der Waals surface area contributed by atoms with E-state index < -0.39 is 17.9 Å². The summed E-state index contributed by atoms with van der Waals surface area (Å²) in [4.78, 5) is 26.2. The van der Waals surface area contributed by atoms with E-state index >= 15 is 0 Å². The summed E-state index contributed by atoms with van der Waals surface area (Å²) in [5.41, 5.74) is -0.246. The molecule has 1 heterocycles. The lowest BCUT2D eigenvalue weighted by molar-refractivity contribution is -0.138. The number of aromatic nitrogens is 3. The Kier molecular flexibility index (Phi) is 3.50. The summed E-state index contributed by atoms with van der Waals surface area (Å²) >= 11 is 0. The van der Waals surface area contributed by atoms with Gasteiger partial charge in [-0.15, -0.1) is 5.10 Å². The zero-order valence-electron chi connectivity index (χ0n) is 10.2. The predicted molar refractivity (Wildman–Crippen MR) is 59.6 cm³/mol. The zero-order valence-corrected chi connectivity index (χ0v) is 10.2. The number of carbonyl (C=O) groups is 2. The number of carbonyl (C=O) groups excluding carboxylic acids is 1. The second-order valence-corrected chi connectivity index (χ2v) is 4.79. The fourth-order valence-corrected chi connectivity index (χ4v) is 1.02. The first-order chi connectivity index (χ1) is 7.71. The molecule has 17 heavy (non-hydrogen) atoms. The molecule has 1 aromatic rings. The topological polar surface area (TPSA) is 108 Å². The van der Waals surface area contributed by atoms with Crippen LogP contribution in [-0.2, 0) is 10.2 Å². The van der Waals surface area contributed by atoms with Gasteiger partial charge in [0.1, 0.15) is 11.9 Å². The first-order valence-corrected chi connectivity index (χ1v) is 5.18. The maximum atomic E-state index is 11.6. The van der Waals surface area contributed by atoms with Gasteiger partial charge in [-0.2, -0.15) is 0 Å². The van der Waals surface area contributed by atoms with Crippen LogP contribution in [0.2, 0.25) is 0 Å². The van der Waals surface area contributed by atoms with E-state index in [0.29, 0.717) is 5.82 Å². The van der Waals surface area contributed by atoms with E-state index in [9.17, 15) is 9.59 Å². The SMILES string of the molecule is C[C@H](NC(=O)c1n[nH]c(C(C)(C)C)n1)C(=O)O. The molecule has 0 bridgehead atoms. The molecule has 1 atom stereocenters. The van der Waals surface area contributed by atoms with E-state index in [-0.39, 0.29) is 11.2 Å². The fraction of sp³-hybridized carbons (Fsp3) is 0.600. The van der Waals surface area contributed by atoms with Crippen LogP contribution in [0.25, 0.3) is 0 Å². The van der Waals surface area contributed by atoms with Gasteiger partial charge in [0.05, 0.1) is 0 Å². The standard InChI is InChI=1S/C10H16N4O3/c1-5(8(16)17)11-7(15)6-12-9(14-13-6)10(2,3)4/h5H,1-4H3,(H,11,15)(H,16,17)(H,12,13,14)/t5-/m0/s1. The highest BCUT2D eigenvalue weighted by Crippen LogP contribution is 2.17. The third-order valence-electron chi connectivity index (χ3n) is 2.12. The number of hydrogen-bond acceptors (Lipinski definition) is 4. The van der Waals surface area contributed by atoms with Gasteiger partial charge in [0.25, 0.3) is 5.91 Å². The molecular weight excluding hydrogens is 224 g/mol. The minimum absolute atomic E-state index is 0.0528. The van der Waals surface area contributed by atoms with Crippen LogP contribution in [0.15, 0.2) is 0 Å². The lowest BCUT2D eigenvalue weighted by Crippen LogP contribution is -2.38. The Balaban J connectivity index is 2.78. The number of amides is 1. The Bertz CT molecular complexity index is 433. The number of aliphatic carboxylic acids is 1. The first-order valence-electron chi connectivity index (χ1n) is 5.18. The highest BCUT2D eigenvalue weighted by Gasteiger charge is 2.23. The number of nitrogens with one attached hydrogen (secondary N) is 2. The molecule has 0 aliphatic heterocycles. The zero-order chi connectivity index (χ0) is 13.2. The second-order valence-electron chi connectivity index (χ2n) is 4.79. The van der Waals surface area contributed by atoms with Gasteiger partial charge < -0.3 is 10.4 Å². The predicted octanol–water partition coefficient (Wildman–Crippen LogP) is 0.305. The summed E-state index contributed by atoms with van der Waals surface area (Å²) < 4.78 is 0. The summed E-state index contributed by atoms with van der Waals surface area (Å²) in [6.07, 6.45) is 0. The van der Waals surface area contributed by atoms with Crippen molar-refractivity contribution in [3.05, 3.63) is 11.6 Å². The lowest BCUT2D eigenvalue weighted by Gasteiger charge is -2.12. The van der Waals surface area contributed by atoms with Gasteiger partial charge in [0.2, 0.25) is 5.82 Å². The molecule has 7 nitrogen and oxygen atoms in total. The molecule has 0 radical (unpaired) electrons. The molecule has 0 saturated heterocycles. The molecule has 1 aromatic heterocycles. The molecular formula is C10H16N4O3. The molecule has 0 aromatic carbocycles. The Morgan fingerprint density at radius 1 is 1.41 bits per heavy atom. The van der Waals surface area contributed by atoms with Gasteiger partial charge in [-0.3, -0.25) is 14.7 Å². The Morgan fingerprint density at radius 2 is 2.00 bits per heavy atom. The van der Waals surface area contributed by atoms with Crippen LogP contribution in [0, 0.1) is 0 Å². The maximum absolute atomic E-state index is 11.6. The third-order valence-corrected chi connectivity index (χ3v) is 2.12. The van der Waals surface area contributed by atoms with Crippen LogP contribution in [0.5, 0.6) is 0 Å². The first kappa shape index (κ1) is 13.1. The molecule has 1 amide bonds. The molecule has 3 N–H and O–H groups in total. The van der Waals surface area contributed by atoms with Crippen molar-refractivity contribution in [1.29, 1.82) is 0 Å². The summed E-state index contributed by atoms with van der Waals surface area (Å²) in [5, 5.41) is 17.3. The normalized spacial score (nSPS) is 13.2. The summed E-state index contributed by atoms with van der Waals surface area (Å²) in [7, 11) is 0. The number of carboxylic acid groups (broad SMARTS) is 1. The van der Waals surface area contributed by atoms with Crippen LogP contribution >= 0.6 is 0 Å². The Labute approximate surface area is 98.6 Å². The van der Waals surface area contributed by atoms with Crippen LogP contribution in [-0.4, -0.2) is 38.2 Å². The van der Waals surface area contributed by atoms with E-state index in [2.05, 4.69) is 20.5 Å². The molecule has 0 aliphatic carbocycles. The van der Waals surface area contributed by atoms with Gasteiger partial charge in [0.15, 0.2) is 0 Å². The van der Waals surface area contributed by atoms with Crippen molar-refractivity contribution < 1.29 is 14.7 Å². The van der Waals surface area contributed by atoms with Crippen molar-refractivity contribution in [1.82, 2.24) is 20.5 Å². The molecule has 0 aliphatic rings. The number of hydrogen-bond donors (Lipinski definition) is 3. The Hall–Kier alpha value is -1.92. The van der Waals surface area contributed by atoms with Gasteiger partial charge in [0, 0.05) is 5.41 Å². The van der Waals surface area contributed by atoms with Crippen molar-refractivity contribution in [2.45, 2.75) is 39.2 Å². The van der Waals surface area contributed by atoms with Crippen molar-refractivity contribution >= 4 is 11.9 Å². The molecule has 7 heteroatoms. The van der Waals surface area contributed by atoms with E-state index in [1.807, 2.05) is 20.8 Å². The average molecular weight is 240 g/mol. The van der Waals surface area contributed by atoms with Crippen molar-refractivity contribution in [3.8, 4) is 0 Å². The smallest absolute Gasteiger partial charge is 0.325 e. The number of rotatable bonds is 3. The van der Waals surface area contributed by atoms with Gasteiger partial charge in [-0.25, -0.2) is 4.98 Å². The number of H-pyrrole nitrogens is 1. The minimum atomic E-state index is -1.11. The van der Waals surface area contributed by atoms with Crippen LogP contribution < -0.4 is 5.32 Å². The second kappa shape index (κ2) is 4.52. The minimum Gasteiger partial charge on any atom is -0.480 e. The van der Waals surface area contributed by atoms with Crippen molar-refractivity contribution in [2.75, 3.05) is 0 Å². The quantitative estimate of drug-likeness (QED) is 0.704. The summed E-state index contributed by atoms with van der Waals surface area (Å²) in [6.45, 7) is 7.15. The van der Waals surface area contributed by atoms with E-state index in [1.165, 1.54) is 6.92 Å². The van der Waals surface area contributed by atoms with Gasteiger partial charge in [-0.1, -0.05) is 20.8 Å². The van der Waals surface area contributed by atoms with E-state index in [4.69, 9.17) is 5.11 Å². The molecule has 0 saturated carbocycles. The van der Waals surface area contributed by atoms with Gasteiger partial charge >= 0.3 is 5.97 Å². The molecule has 0 spiro atoms. The maximum Gasteiger partial charge on any atom is 0.325 e. The monoisotopic (exact) mass is 240 g/mol. The number of aromatic amines is 1. The van der Waals surface area contributed by atoms with Crippen LogP contribution in [0.4, 0.5) is 0 Å². The number of carboxylic acids is 1. The summed E-state index contributed by atoms with van der Waals surface area (Å²) in [6, 6.07) is -0.973. The van der Waals surface area contributed by atoms with Crippen LogP contribution in [0.3, 0.4) is 0 Å². The van der Waals surface area contributed by atoms with Gasteiger partial charge in [-0.05, 0) is 6.92 Å². The molecule has 0 fully saturated rings. The van der Waals surface area contributed by atoms with Crippen LogP contribution in [0.1, 0.15) is 44.1 Å². The van der Waals surface area contributed by atoms with E-state index in [0.717, 1.165) is 0 Å². The number of nitrogens with zero attached hydrogens (tertiary/aromatic N) is 2. The Morgan fingerprint density at radius 3 is 2.41 bits per heavy atom.